The molecule has 0 bridgehead atoms. The Morgan fingerprint density at radius 1 is 1.17 bits per heavy atom. The van der Waals surface area contributed by atoms with Gasteiger partial charge in [0.1, 0.15) is 11.4 Å². The number of hydrogen-bond acceptors (Lipinski definition) is 4. The lowest BCUT2D eigenvalue weighted by molar-refractivity contribution is -0.139. The van der Waals surface area contributed by atoms with Crippen LogP contribution in [0.1, 0.15) is 17.4 Å². The van der Waals surface area contributed by atoms with Gasteiger partial charge in [-0.1, -0.05) is 18.2 Å². The first kappa shape index (κ1) is 17.1. The van der Waals surface area contributed by atoms with E-state index in [-0.39, 0.29) is 18.9 Å². The molecule has 0 spiro atoms. The van der Waals surface area contributed by atoms with Crippen molar-refractivity contribution in [3.05, 3.63) is 58.0 Å². The molecule has 2 amide bonds. The quantitative estimate of drug-likeness (QED) is 0.725. The summed E-state index contributed by atoms with van der Waals surface area (Å²) in [6, 6.07) is 9.15. The van der Waals surface area contributed by atoms with Crippen molar-refractivity contribution in [1.82, 2.24) is 10.6 Å². The maximum absolute atomic E-state index is 12.8. The highest BCUT2D eigenvalue weighted by atomic mass is 32.1. The van der Waals surface area contributed by atoms with Gasteiger partial charge in [0.2, 0.25) is 0 Å². The summed E-state index contributed by atoms with van der Waals surface area (Å²) in [5.41, 5.74) is -0.556. The number of nitrogens with one attached hydrogen (secondary N) is 2. The summed E-state index contributed by atoms with van der Waals surface area (Å²) in [5, 5.41) is 16.9. The topological polar surface area (TPSA) is 78.4 Å². The van der Waals surface area contributed by atoms with Crippen LogP contribution in [0.15, 0.2) is 41.8 Å². The number of benzene rings is 1. The normalized spacial score (nSPS) is 13.2. The Bertz CT molecular complexity index is 669. The SMILES string of the molecule is C[C@@](O)(CNC(=O)C(=O)NCc1ccc(F)cc1)c1cccs1. The van der Waals surface area contributed by atoms with Crippen LogP contribution in [-0.2, 0) is 21.7 Å². The van der Waals surface area contributed by atoms with Crippen molar-refractivity contribution in [2.75, 3.05) is 6.54 Å². The van der Waals surface area contributed by atoms with Gasteiger partial charge in [0.05, 0.1) is 6.54 Å². The number of halogens is 1. The second-order valence-electron chi connectivity index (χ2n) is 5.24. The molecule has 2 aromatic rings. The molecule has 23 heavy (non-hydrogen) atoms. The van der Waals surface area contributed by atoms with Gasteiger partial charge in [-0.25, -0.2) is 4.39 Å². The molecule has 0 aliphatic carbocycles. The smallest absolute Gasteiger partial charge is 0.309 e. The molecule has 2 rings (SSSR count). The lowest BCUT2D eigenvalue weighted by Crippen LogP contribution is -2.45. The van der Waals surface area contributed by atoms with Crippen LogP contribution < -0.4 is 10.6 Å². The molecule has 122 valence electrons. The zero-order valence-corrected chi connectivity index (χ0v) is 13.3. The van der Waals surface area contributed by atoms with Crippen LogP contribution in [-0.4, -0.2) is 23.5 Å². The Labute approximate surface area is 137 Å². The number of carbonyl (C=O) groups is 2. The van der Waals surface area contributed by atoms with Gasteiger partial charge in [0.25, 0.3) is 0 Å². The Kier molecular flexibility index (Phi) is 5.46. The van der Waals surface area contributed by atoms with E-state index in [1.165, 1.54) is 35.6 Å². The number of aliphatic hydroxyl groups is 1. The van der Waals surface area contributed by atoms with Crippen LogP contribution >= 0.6 is 11.3 Å². The molecule has 0 unspecified atom stereocenters. The number of thiophene rings is 1. The van der Waals surface area contributed by atoms with Crippen molar-refractivity contribution >= 4 is 23.2 Å². The van der Waals surface area contributed by atoms with Crippen molar-refractivity contribution in [2.45, 2.75) is 19.1 Å². The van der Waals surface area contributed by atoms with Crippen LogP contribution in [0.3, 0.4) is 0 Å². The van der Waals surface area contributed by atoms with Crippen LogP contribution in [0.25, 0.3) is 0 Å². The van der Waals surface area contributed by atoms with E-state index >= 15 is 0 Å². The lowest BCUT2D eigenvalue weighted by atomic mass is 10.1. The van der Waals surface area contributed by atoms with Gasteiger partial charge in [-0.05, 0) is 36.1 Å². The van der Waals surface area contributed by atoms with E-state index in [0.717, 1.165) is 0 Å². The maximum Gasteiger partial charge on any atom is 0.309 e. The largest absolute Gasteiger partial charge is 0.383 e. The van der Waals surface area contributed by atoms with E-state index in [1.807, 2.05) is 5.38 Å². The Balaban J connectivity index is 1.81. The summed E-state index contributed by atoms with van der Waals surface area (Å²) < 4.78 is 12.8. The summed E-state index contributed by atoms with van der Waals surface area (Å²) in [7, 11) is 0. The third-order valence-electron chi connectivity index (χ3n) is 3.22. The molecule has 1 aromatic carbocycles. The van der Waals surface area contributed by atoms with Crippen LogP contribution in [0.4, 0.5) is 4.39 Å². The fourth-order valence-electron chi connectivity index (χ4n) is 1.87. The summed E-state index contributed by atoms with van der Waals surface area (Å²) in [4.78, 5) is 24.2. The Morgan fingerprint density at radius 3 is 2.43 bits per heavy atom. The monoisotopic (exact) mass is 336 g/mol. The molecule has 1 atom stereocenters. The van der Waals surface area contributed by atoms with Crippen LogP contribution in [0, 0.1) is 5.82 Å². The van der Waals surface area contributed by atoms with Crippen molar-refractivity contribution in [3.63, 3.8) is 0 Å². The molecule has 0 saturated heterocycles. The number of carbonyl (C=O) groups excluding carboxylic acids is 2. The molecule has 7 heteroatoms. The minimum absolute atomic E-state index is 0.0731. The van der Waals surface area contributed by atoms with Crippen LogP contribution in [0.5, 0.6) is 0 Å². The summed E-state index contributed by atoms with van der Waals surface area (Å²) in [6.07, 6.45) is 0. The number of rotatable bonds is 5. The van der Waals surface area contributed by atoms with E-state index < -0.39 is 17.4 Å². The zero-order valence-electron chi connectivity index (χ0n) is 12.5. The zero-order chi connectivity index (χ0) is 16.9. The van der Waals surface area contributed by atoms with Gasteiger partial charge in [0, 0.05) is 11.4 Å². The van der Waals surface area contributed by atoms with Crippen LogP contribution in [0.2, 0.25) is 0 Å². The summed E-state index contributed by atoms with van der Waals surface area (Å²) in [6.45, 7) is 1.61. The summed E-state index contributed by atoms with van der Waals surface area (Å²) >= 11 is 1.37. The first-order valence-corrected chi connectivity index (χ1v) is 7.83. The third kappa shape index (κ3) is 4.87. The molecule has 3 N–H and O–H groups in total. The Hall–Kier alpha value is -2.25. The average Bonchev–Trinajstić information content (AvgIpc) is 3.07. The lowest BCUT2D eigenvalue weighted by Gasteiger charge is -2.22. The maximum atomic E-state index is 12.8. The molecule has 5 nitrogen and oxygen atoms in total. The second kappa shape index (κ2) is 7.34. The molecule has 1 heterocycles. The van der Waals surface area contributed by atoms with Gasteiger partial charge >= 0.3 is 11.8 Å². The van der Waals surface area contributed by atoms with E-state index in [4.69, 9.17) is 0 Å². The summed E-state index contributed by atoms with van der Waals surface area (Å²) in [5.74, 6) is -2.01. The van der Waals surface area contributed by atoms with Gasteiger partial charge in [-0.3, -0.25) is 9.59 Å². The molecule has 0 saturated carbocycles. The Morgan fingerprint density at radius 2 is 1.83 bits per heavy atom. The van der Waals surface area contributed by atoms with Crippen molar-refractivity contribution in [2.24, 2.45) is 0 Å². The molecule has 0 radical (unpaired) electrons. The first-order valence-electron chi connectivity index (χ1n) is 6.95. The number of hydrogen-bond donors (Lipinski definition) is 3. The van der Waals surface area contributed by atoms with Gasteiger partial charge in [0.15, 0.2) is 0 Å². The van der Waals surface area contributed by atoms with Crippen molar-refractivity contribution in [3.8, 4) is 0 Å². The third-order valence-corrected chi connectivity index (χ3v) is 4.34. The molecular formula is C16H17FN2O3S. The van der Waals surface area contributed by atoms with E-state index in [9.17, 15) is 19.1 Å². The number of amides is 2. The fourth-order valence-corrected chi connectivity index (χ4v) is 2.66. The van der Waals surface area contributed by atoms with E-state index in [1.54, 1.807) is 19.1 Å². The predicted octanol–water partition coefficient (Wildman–Crippen LogP) is 1.53. The van der Waals surface area contributed by atoms with E-state index in [2.05, 4.69) is 10.6 Å². The first-order chi connectivity index (χ1) is 10.9. The fraction of sp³-hybridized carbons (Fsp3) is 0.250. The molecule has 1 aromatic heterocycles. The van der Waals surface area contributed by atoms with Crippen molar-refractivity contribution in [1.29, 1.82) is 0 Å². The molecule has 0 aliphatic rings. The average molecular weight is 336 g/mol. The second-order valence-corrected chi connectivity index (χ2v) is 6.19. The van der Waals surface area contributed by atoms with E-state index in [0.29, 0.717) is 10.4 Å². The highest BCUT2D eigenvalue weighted by Gasteiger charge is 2.26. The molecule has 0 fully saturated rings. The van der Waals surface area contributed by atoms with Gasteiger partial charge in [-0.2, -0.15) is 0 Å². The minimum atomic E-state index is -1.24. The van der Waals surface area contributed by atoms with Gasteiger partial charge in [-0.15, -0.1) is 11.3 Å². The highest BCUT2D eigenvalue weighted by molar-refractivity contribution is 7.10. The minimum Gasteiger partial charge on any atom is -0.383 e. The predicted molar refractivity (Wildman–Crippen MR) is 85.1 cm³/mol. The standard InChI is InChI=1S/C16H17FN2O3S/c1-16(22,13-3-2-8-23-13)10-19-15(21)14(20)18-9-11-4-6-12(17)7-5-11/h2-8,22H,9-10H2,1H3,(H,18,20)(H,19,21)/t16-/m1/s1. The van der Waals surface area contributed by atoms with Crippen molar-refractivity contribution < 1.29 is 19.1 Å². The highest BCUT2D eigenvalue weighted by Crippen LogP contribution is 2.24. The van der Waals surface area contributed by atoms with Gasteiger partial charge < -0.3 is 15.7 Å². The molecule has 0 aliphatic heterocycles. The molecular weight excluding hydrogens is 319 g/mol.